The Labute approximate surface area is 88.7 Å². The summed E-state index contributed by atoms with van der Waals surface area (Å²) in [6.45, 7) is 0.907. The van der Waals surface area contributed by atoms with Crippen molar-refractivity contribution in [3.63, 3.8) is 0 Å². The minimum atomic E-state index is -0.440. The van der Waals surface area contributed by atoms with Crippen molar-refractivity contribution >= 4 is 12.0 Å². The number of hydrogen-bond acceptors (Lipinski definition) is 2. The van der Waals surface area contributed by atoms with Crippen LogP contribution in [0, 0.1) is 11.7 Å². The molecule has 0 saturated heterocycles. The highest BCUT2D eigenvalue weighted by Crippen LogP contribution is 2.31. The number of halogens is 1. The van der Waals surface area contributed by atoms with Crippen molar-refractivity contribution in [2.45, 2.75) is 12.8 Å². The minimum absolute atomic E-state index is 0.167. The maximum absolute atomic E-state index is 13.3. The van der Waals surface area contributed by atoms with E-state index >= 15 is 0 Å². The van der Waals surface area contributed by atoms with Crippen molar-refractivity contribution in [1.82, 2.24) is 0 Å². The molecule has 0 unspecified atom stereocenters. The van der Waals surface area contributed by atoms with Crippen LogP contribution in [0.2, 0.25) is 0 Å². The first kappa shape index (κ1) is 10.1. The van der Waals surface area contributed by atoms with E-state index in [-0.39, 0.29) is 5.56 Å². The molecule has 3 heteroatoms. The summed E-state index contributed by atoms with van der Waals surface area (Å²) in [4.78, 5) is 12.8. The highest BCUT2D eigenvalue weighted by molar-refractivity contribution is 5.84. The third-order valence-corrected chi connectivity index (χ3v) is 2.79. The third-order valence-electron chi connectivity index (χ3n) is 2.79. The summed E-state index contributed by atoms with van der Waals surface area (Å²) >= 11 is 0. The summed E-state index contributed by atoms with van der Waals surface area (Å²) in [5.41, 5.74) is 0.859. The molecule has 0 heterocycles. The molecule has 15 heavy (non-hydrogen) atoms. The Balaban J connectivity index is 2.24. The minimum Gasteiger partial charge on any atom is -0.374 e. The quantitative estimate of drug-likeness (QED) is 0.707. The Morgan fingerprint density at radius 1 is 1.53 bits per heavy atom. The number of hydrogen-bond donors (Lipinski definition) is 0. The Bertz CT molecular complexity index is 374. The number of aldehydes is 1. The van der Waals surface area contributed by atoms with Crippen molar-refractivity contribution in [1.29, 1.82) is 0 Å². The Kier molecular flexibility index (Phi) is 2.71. The predicted molar refractivity (Wildman–Crippen MR) is 57.8 cm³/mol. The molecule has 1 aliphatic rings. The molecule has 2 rings (SSSR count). The molecule has 0 radical (unpaired) electrons. The van der Waals surface area contributed by atoms with E-state index in [9.17, 15) is 9.18 Å². The molecule has 0 amide bonds. The monoisotopic (exact) mass is 207 g/mol. The summed E-state index contributed by atoms with van der Waals surface area (Å²) in [6, 6.07) is 4.74. The summed E-state index contributed by atoms with van der Waals surface area (Å²) in [6.07, 6.45) is 3.08. The Morgan fingerprint density at radius 2 is 2.27 bits per heavy atom. The van der Waals surface area contributed by atoms with Crippen LogP contribution in [-0.2, 0) is 0 Å². The largest absolute Gasteiger partial charge is 0.374 e. The second-order valence-electron chi connectivity index (χ2n) is 4.11. The maximum Gasteiger partial charge on any atom is 0.155 e. The number of anilines is 1. The summed E-state index contributed by atoms with van der Waals surface area (Å²) in [5.74, 6) is 0.280. The average Bonchev–Trinajstić information content (AvgIpc) is 3.01. The number of nitrogens with zero attached hydrogens (tertiary/aromatic N) is 1. The summed E-state index contributed by atoms with van der Waals surface area (Å²) in [5, 5.41) is 0. The topological polar surface area (TPSA) is 20.3 Å². The van der Waals surface area contributed by atoms with Crippen LogP contribution in [0.25, 0.3) is 0 Å². The van der Waals surface area contributed by atoms with Crippen LogP contribution in [0.4, 0.5) is 10.1 Å². The van der Waals surface area contributed by atoms with Gasteiger partial charge in [-0.1, -0.05) is 6.07 Å². The fraction of sp³-hybridized carbons (Fsp3) is 0.417. The van der Waals surface area contributed by atoms with Gasteiger partial charge < -0.3 is 4.90 Å². The molecule has 0 aromatic heterocycles. The van der Waals surface area contributed by atoms with E-state index in [0.717, 1.165) is 12.5 Å². The molecule has 1 aromatic carbocycles. The first-order valence-corrected chi connectivity index (χ1v) is 5.17. The van der Waals surface area contributed by atoms with Crippen molar-refractivity contribution in [2.24, 2.45) is 5.92 Å². The van der Waals surface area contributed by atoms with Gasteiger partial charge in [-0.2, -0.15) is 0 Å². The van der Waals surface area contributed by atoms with E-state index in [1.165, 1.54) is 18.9 Å². The highest BCUT2D eigenvalue weighted by atomic mass is 19.1. The SMILES string of the molecule is CN(CC1CC1)c1cccc(F)c1C=O. The van der Waals surface area contributed by atoms with E-state index in [1.54, 1.807) is 12.1 Å². The molecule has 0 spiro atoms. The van der Waals surface area contributed by atoms with E-state index in [1.807, 2.05) is 11.9 Å². The molecule has 80 valence electrons. The van der Waals surface area contributed by atoms with Gasteiger partial charge in [-0.25, -0.2) is 4.39 Å². The van der Waals surface area contributed by atoms with Gasteiger partial charge in [0.15, 0.2) is 6.29 Å². The van der Waals surface area contributed by atoms with Gasteiger partial charge in [0.25, 0.3) is 0 Å². The smallest absolute Gasteiger partial charge is 0.155 e. The summed E-state index contributed by atoms with van der Waals surface area (Å²) < 4.78 is 13.3. The number of carbonyl (C=O) groups excluding carboxylic acids is 1. The first-order chi connectivity index (χ1) is 7.22. The molecular weight excluding hydrogens is 193 g/mol. The molecule has 0 atom stereocenters. The van der Waals surface area contributed by atoms with Crippen LogP contribution in [0.15, 0.2) is 18.2 Å². The van der Waals surface area contributed by atoms with Crippen LogP contribution in [0.3, 0.4) is 0 Å². The molecule has 1 aromatic rings. The number of carbonyl (C=O) groups is 1. The van der Waals surface area contributed by atoms with Gasteiger partial charge >= 0.3 is 0 Å². The molecule has 1 saturated carbocycles. The number of rotatable bonds is 4. The van der Waals surface area contributed by atoms with Gasteiger partial charge in [-0.15, -0.1) is 0 Å². The van der Waals surface area contributed by atoms with E-state index < -0.39 is 5.82 Å². The van der Waals surface area contributed by atoms with Crippen molar-refractivity contribution in [3.8, 4) is 0 Å². The van der Waals surface area contributed by atoms with Crippen LogP contribution in [0.1, 0.15) is 23.2 Å². The zero-order valence-electron chi connectivity index (χ0n) is 8.74. The van der Waals surface area contributed by atoms with Crippen molar-refractivity contribution < 1.29 is 9.18 Å². The van der Waals surface area contributed by atoms with Crippen molar-refractivity contribution in [3.05, 3.63) is 29.6 Å². The van der Waals surface area contributed by atoms with Gasteiger partial charge in [0.1, 0.15) is 5.82 Å². The van der Waals surface area contributed by atoms with Crippen molar-refractivity contribution in [2.75, 3.05) is 18.5 Å². The van der Waals surface area contributed by atoms with Gasteiger partial charge in [0.05, 0.1) is 5.56 Å². The molecular formula is C12H14FNO. The Morgan fingerprint density at radius 3 is 2.87 bits per heavy atom. The normalized spacial score (nSPS) is 15.1. The second kappa shape index (κ2) is 4.01. The average molecular weight is 207 g/mol. The van der Waals surface area contributed by atoms with E-state index in [2.05, 4.69) is 0 Å². The summed E-state index contributed by atoms with van der Waals surface area (Å²) in [7, 11) is 1.90. The maximum atomic E-state index is 13.3. The fourth-order valence-corrected chi connectivity index (χ4v) is 1.76. The molecule has 0 bridgehead atoms. The molecule has 0 N–H and O–H groups in total. The lowest BCUT2D eigenvalue weighted by Gasteiger charge is -2.20. The van der Waals surface area contributed by atoms with Crippen LogP contribution in [-0.4, -0.2) is 19.9 Å². The van der Waals surface area contributed by atoms with Crippen LogP contribution in [0.5, 0.6) is 0 Å². The van der Waals surface area contributed by atoms with Gasteiger partial charge in [0, 0.05) is 19.3 Å². The molecule has 2 nitrogen and oxygen atoms in total. The van der Waals surface area contributed by atoms with Crippen LogP contribution >= 0.6 is 0 Å². The second-order valence-corrected chi connectivity index (χ2v) is 4.11. The van der Waals surface area contributed by atoms with Crippen LogP contribution < -0.4 is 4.90 Å². The van der Waals surface area contributed by atoms with Gasteiger partial charge in [0.2, 0.25) is 0 Å². The highest BCUT2D eigenvalue weighted by Gasteiger charge is 2.24. The lowest BCUT2D eigenvalue weighted by molar-refractivity contribution is 0.112. The Hall–Kier alpha value is -1.38. The standard InChI is InChI=1S/C12H14FNO/c1-14(7-9-5-6-9)12-4-2-3-11(13)10(12)8-15/h2-4,8-9H,5-7H2,1H3. The molecule has 1 aliphatic carbocycles. The molecule has 0 aliphatic heterocycles. The zero-order valence-corrected chi connectivity index (χ0v) is 8.74. The number of benzene rings is 1. The van der Waals surface area contributed by atoms with Gasteiger partial charge in [-0.3, -0.25) is 4.79 Å². The lowest BCUT2D eigenvalue weighted by atomic mass is 10.1. The predicted octanol–water partition coefficient (Wildman–Crippen LogP) is 2.48. The molecule has 1 fully saturated rings. The fourth-order valence-electron chi connectivity index (χ4n) is 1.76. The van der Waals surface area contributed by atoms with Gasteiger partial charge in [-0.05, 0) is 30.9 Å². The van der Waals surface area contributed by atoms with E-state index in [4.69, 9.17) is 0 Å². The zero-order chi connectivity index (χ0) is 10.8. The first-order valence-electron chi connectivity index (χ1n) is 5.17. The third kappa shape index (κ3) is 2.17. The van der Waals surface area contributed by atoms with E-state index in [0.29, 0.717) is 12.0 Å². The lowest BCUT2D eigenvalue weighted by Crippen LogP contribution is -2.21.